The van der Waals surface area contributed by atoms with Crippen LogP contribution in [0.1, 0.15) is 47.3 Å². The number of benzene rings is 1. The number of aromatic nitrogens is 5. The Balaban J connectivity index is 1.90. The van der Waals surface area contributed by atoms with Gasteiger partial charge in [0.05, 0.1) is 11.4 Å². The number of nitrogens with one attached hydrogen (secondary N) is 1. The fourth-order valence-electron chi connectivity index (χ4n) is 2.96. The summed E-state index contributed by atoms with van der Waals surface area (Å²) in [6, 6.07) is 7.03. The number of carbonyl (C=O) groups is 1. The second-order valence-electron chi connectivity index (χ2n) is 7.17. The SMILES string of the molecule is CCCCNC(=O)c1nnn(-c2ccc(OC(F)(F)F)cc2)c1CSc1nc(C)cc(C)n1. The average Bonchev–Trinajstić information content (AvgIpc) is 3.15. The van der Waals surface area contributed by atoms with E-state index in [1.54, 1.807) is 0 Å². The van der Waals surface area contributed by atoms with Gasteiger partial charge in [0, 0.05) is 23.7 Å². The molecule has 0 unspecified atom stereocenters. The Morgan fingerprint density at radius 1 is 1.15 bits per heavy atom. The topological polar surface area (TPSA) is 94.8 Å². The molecule has 0 saturated carbocycles. The number of thioether (sulfide) groups is 1. The molecule has 8 nitrogen and oxygen atoms in total. The Kier molecular flexibility index (Phi) is 7.90. The lowest BCUT2D eigenvalue weighted by molar-refractivity contribution is -0.274. The number of hydrogen-bond donors (Lipinski definition) is 1. The molecule has 3 aromatic rings. The van der Waals surface area contributed by atoms with Crippen LogP contribution in [0.3, 0.4) is 0 Å². The molecule has 0 aliphatic heterocycles. The molecule has 33 heavy (non-hydrogen) atoms. The van der Waals surface area contributed by atoms with Crippen molar-refractivity contribution in [3.8, 4) is 11.4 Å². The summed E-state index contributed by atoms with van der Waals surface area (Å²) in [5.41, 5.74) is 2.67. The van der Waals surface area contributed by atoms with Gasteiger partial charge in [0.2, 0.25) is 0 Å². The van der Waals surface area contributed by atoms with Crippen LogP contribution in [0.5, 0.6) is 5.75 Å². The van der Waals surface area contributed by atoms with Gasteiger partial charge in [0.1, 0.15) is 5.75 Å². The maximum Gasteiger partial charge on any atom is 0.573 e. The van der Waals surface area contributed by atoms with Crippen LogP contribution in [0.2, 0.25) is 0 Å². The summed E-state index contributed by atoms with van der Waals surface area (Å²) in [4.78, 5) is 21.5. The van der Waals surface area contributed by atoms with E-state index in [2.05, 4.69) is 30.3 Å². The highest BCUT2D eigenvalue weighted by atomic mass is 32.2. The van der Waals surface area contributed by atoms with Gasteiger partial charge in [0.15, 0.2) is 10.9 Å². The third-order valence-electron chi connectivity index (χ3n) is 4.41. The zero-order valence-corrected chi connectivity index (χ0v) is 19.1. The molecule has 176 valence electrons. The van der Waals surface area contributed by atoms with E-state index in [-0.39, 0.29) is 23.1 Å². The van der Waals surface area contributed by atoms with E-state index >= 15 is 0 Å². The highest BCUT2D eigenvalue weighted by Crippen LogP contribution is 2.26. The van der Waals surface area contributed by atoms with Gasteiger partial charge in [-0.3, -0.25) is 4.79 Å². The number of aryl methyl sites for hydroxylation is 2. The van der Waals surface area contributed by atoms with Crippen molar-refractivity contribution in [2.75, 3.05) is 6.54 Å². The fraction of sp³-hybridized carbons (Fsp3) is 0.381. The minimum Gasteiger partial charge on any atom is -0.406 e. The van der Waals surface area contributed by atoms with E-state index in [0.29, 0.717) is 23.1 Å². The van der Waals surface area contributed by atoms with Crippen molar-refractivity contribution in [2.45, 2.75) is 50.9 Å². The number of hydrogen-bond acceptors (Lipinski definition) is 7. The van der Waals surface area contributed by atoms with Crippen LogP contribution in [0.25, 0.3) is 5.69 Å². The molecule has 3 rings (SSSR count). The molecule has 0 bridgehead atoms. The summed E-state index contributed by atoms with van der Waals surface area (Å²) in [6.45, 7) is 6.24. The molecule has 0 aliphatic carbocycles. The number of amides is 1. The van der Waals surface area contributed by atoms with Crippen LogP contribution >= 0.6 is 11.8 Å². The molecular weight excluding hydrogens is 457 g/mol. The molecule has 0 atom stereocenters. The quantitative estimate of drug-likeness (QED) is 0.276. The van der Waals surface area contributed by atoms with Gasteiger partial charge in [-0.05, 0) is 50.6 Å². The molecule has 0 radical (unpaired) electrons. The second-order valence-corrected chi connectivity index (χ2v) is 8.11. The maximum absolute atomic E-state index is 12.7. The first-order valence-electron chi connectivity index (χ1n) is 10.2. The van der Waals surface area contributed by atoms with Crippen molar-refractivity contribution in [1.29, 1.82) is 0 Å². The molecule has 1 N–H and O–H groups in total. The number of halogens is 3. The number of carbonyl (C=O) groups excluding carboxylic acids is 1. The van der Waals surface area contributed by atoms with Gasteiger partial charge in [-0.2, -0.15) is 0 Å². The minimum absolute atomic E-state index is 0.138. The zero-order valence-electron chi connectivity index (χ0n) is 18.3. The molecule has 0 spiro atoms. The van der Waals surface area contributed by atoms with Crippen molar-refractivity contribution in [3.05, 3.63) is 53.1 Å². The number of nitrogens with zero attached hydrogens (tertiary/aromatic N) is 5. The van der Waals surface area contributed by atoms with E-state index in [0.717, 1.165) is 24.2 Å². The van der Waals surface area contributed by atoms with E-state index in [9.17, 15) is 18.0 Å². The van der Waals surface area contributed by atoms with Crippen LogP contribution in [-0.4, -0.2) is 43.8 Å². The Morgan fingerprint density at radius 2 is 1.82 bits per heavy atom. The summed E-state index contributed by atoms with van der Waals surface area (Å²) in [6.07, 6.45) is -3.04. The van der Waals surface area contributed by atoms with Gasteiger partial charge in [-0.25, -0.2) is 14.6 Å². The van der Waals surface area contributed by atoms with Gasteiger partial charge in [0.25, 0.3) is 5.91 Å². The van der Waals surface area contributed by atoms with Crippen LogP contribution in [0.15, 0.2) is 35.5 Å². The molecular formula is C21H23F3N6O2S. The molecule has 2 aromatic heterocycles. The lowest BCUT2D eigenvalue weighted by Crippen LogP contribution is -2.26. The standard InChI is InChI=1S/C21H23F3N6O2S/c1-4-5-10-25-19(31)18-17(12-33-20-26-13(2)11-14(3)27-20)30(29-28-18)15-6-8-16(9-7-15)32-21(22,23)24/h6-9,11H,4-5,10,12H2,1-3H3,(H,25,31). The van der Waals surface area contributed by atoms with Crippen molar-refractivity contribution in [2.24, 2.45) is 0 Å². The van der Waals surface area contributed by atoms with Crippen LogP contribution in [-0.2, 0) is 5.75 Å². The van der Waals surface area contributed by atoms with Gasteiger partial charge >= 0.3 is 6.36 Å². The van der Waals surface area contributed by atoms with E-state index in [1.165, 1.54) is 40.7 Å². The minimum atomic E-state index is -4.79. The summed E-state index contributed by atoms with van der Waals surface area (Å²) in [5, 5.41) is 11.5. The van der Waals surface area contributed by atoms with Crippen LogP contribution in [0.4, 0.5) is 13.2 Å². The summed E-state index contributed by atoms with van der Waals surface area (Å²) >= 11 is 1.31. The third-order valence-corrected chi connectivity index (χ3v) is 5.27. The summed E-state index contributed by atoms with van der Waals surface area (Å²) in [7, 11) is 0. The fourth-order valence-corrected chi connectivity index (χ4v) is 3.90. The maximum atomic E-state index is 12.7. The normalized spacial score (nSPS) is 11.5. The first-order chi connectivity index (χ1) is 15.7. The Morgan fingerprint density at radius 3 is 2.42 bits per heavy atom. The van der Waals surface area contributed by atoms with Gasteiger partial charge in [-0.1, -0.05) is 30.3 Å². The lowest BCUT2D eigenvalue weighted by Gasteiger charge is -2.11. The molecule has 2 heterocycles. The molecule has 0 fully saturated rings. The van der Waals surface area contributed by atoms with E-state index in [4.69, 9.17) is 0 Å². The Bertz CT molecular complexity index is 1080. The third kappa shape index (κ3) is 6.91. The predicted octanol–water partition coefficient (Wildman–Crippen LogP) is 4.39. The Hall–Kier alpha value is -3.15. The molecule has 0 saturated heterocycles. The van der Waals surface area contributed by atoms with Crippen LogP contribution < -0.4 is 10.1 Å². The van der Waals surface area contributed by atoms with Crippen molar-refractivity contribution in [1.82, 2.24) is 30.3 Å². The monoisotopic (exact) mass is 480 g/mol. The highest BCUT2D eigenvalue weighted by molar-refractivity contribution is 7.98. The molecule has 0 aliphatic rings. The molecule has 1 amide bonds. The number of alkyl halides is 3. The van der Waals surface area contributed by atoms with Crippen molar-refractivity contribution >= 4 is 17.7 Å². The highest BCUT2D eigenvalue weighted by Gasteiger charge is 2.31. The van der Waals surface area contributed by atoms with E-state index < -0.39 is 6.36 Å². The average molecular weight is 481 g/mol. The number of rotatable bonds is 9. The van der Waals surface area contributed by atoms with E-state index in [1.807, 2.05) is 26.8 Å². The first-order valence-corrected chi connectivity index (χ1v) is 11.2. The van der Waals surface area contributed by atoms with Gasteiger partial charge in [-0.15, -0.1) is 18.3 Å². The summed E-state index contributed by atoms with van der Waals surface area (Å²) in [5.74, 6) is -0.458. The largest absolute Gasteiger partial charge is 0.573 e. The number of ether oxygens (including phenoxy) is 1. The molecule has 12 heteroatoms. The number of unbranched alkanes of at least 4 members (excludes halogenated alkanes) is 1. The molecule has 1 aromatic carbocycles. The summed E-state index contributed by atoms with van der Waals surface area (Å²) < 4.78 is 42.7. The van der Waals surface area contributed by atoms with Gasteiger partial charge < -0.3 is 10.1 Å². The first kappa shape index (κ1) is 24.5. The van der Waals surface area contributed by atoms with Crippen molar-refractivity contribution in [3.63, 3.8) is 0 Å². The zero-order chi connectivity index (χ0) is 24.0. The van der Waals surface area contributed by atoms with Crippen molar-refractivity contribution < 1.29 is 22.7 Å². The smallest absolute Gasteiger partial charge is 0.406 e. The predicted molar refractivity (Wildman–Crippen MR) is 116 cm³/mol. The van der Waals surface area contributed by atoms with Crippen LogP contribution in [0, 0.1) is 13.8 Å². The second kappa shape index (κ2) is 10.6. The Labute approximate surface area is 193 Å². The lowest BCUT2D eigenvalue weighted by atomic mass is 10.2.